The molecule has 0 spiro atoms. The van der Waals surface area contributed by atoms with E-state index >= 15 is 0 Å². The zero-order valence-electron chi connectivity index (χ0n) is 11.7. The standard InChI is InChI=1S/C11H25N3O3S/c1-10(2)8-14-5-6-17-11(9-14)7-12-18(15,16)13(3)4/h10-12H,5-9H2,1-4H3. The zero-order valence-corrected chi connectivity index (χ0v) is 12.5. The molecule has 1 aliphatic rings. The first-order valence-electron chi connectivity index (χ1n) is 6.32. The summed E-state index contributed by atoms with van der Waals surface area (Å²) < 4.78 is 32.5. The summed E-state index contributed by atoms with van der Waals surface area (Å²) in [7, 11) is -0.335. The van der Waals surface area contributed by atoms with Gasteiger partial charge in [0.15, 0.2) is 0 Å². The van der Waals surface area contributed by atoms with Gasteiger partial charge < -0.3 is 4.74 Å². The molecule has 18 heavy (non-hydrogen) atoms. The molecule has 0 amide bonds. The van der Waals surface area contributed by atoms with Crippen molar-refractivity contribution in [2.24, 2.45) is 5.92 Å². The zero-order chi connectivity index (χ0) is 13.8. The van der Waals surface area contributed by atoms with Crippen molar-refractivity contribution in [1.82, 2.24) is 13.9 Å². The molecule has 1 atom stereocenters. The van der Waals surface area contributed by atoms with Crippen LogP contribution in [0, 0.1) is 5.92 Å². The highest BCUT2D eigenvalue weighted by atomic mass is 32.2. The van der Waals surface area contributed by atoms with E-state index in [1.54, 1.807) is 0 Å². The largest absolute Gasteiger partial charge is 0.374 e. The Labute approximate surface area is 110 Å². The number of morpholine rings is 1. The van der Waals surface area contributed by atoms with Gasteiger partial charge in [0.1, 0.15) is 0 Å². The first-order valence-corrected chi connectivity index (χ1v) is 7.76. The molecular formula is C11H25N3O3S. The van der Waals surface area contributed by atoms with Crippen LogP contribution in [0.1, 0.15) is 13.8 Å². The lowest BCUT2D eigenvalue weighted by Crippen LogP contribution is -2.49. The molecule has 1 rings (SSSR count). The molecule has 0 radical (unpaired) electrons. The first-order chi connectivity index (χ1) is 8.31. The van der Waals surface area contributed by atoms with Crippen LogP contribution in [-0.2, 0) is 14.9 Å². The van der Waals surface area contributed by atoms with E-state index in [9.17, 15) is 8.42 Å². The minimum Gasteiger partial charge on any atom is -0.374 e. The third kappa shape index (κ3) is 5.19. The maximum atomic E-state index is 11.6. The van der Waals surface area contributed by atoms with Gasteiger partial charge in [-0.05, 0) is 5.92 Å². The van der Waals surface area contributed by atoms with Gasteiger partial charge in [0, 0.05) is 40.3 Å². The van der Waals surface area contributed by atoms with Crippen molar-refractivity contribution in [2.45, 2.75) is 20.0 Å². The molecule has 0 aromatic rings. The molecular weight excluding hydrogens is 254 g/mol. The minimum absolute atomic E-state index is 0.0628. The molecule has 0 saturated carbocycles. The monoisotopic (exact) mass is 279 g/mol. The van der Waals surface area contributed by atoms with Gasteiger partial charge >= 0.3 is 0 Å². The van der Waals surface area contributed by atoms with Crippen LogP contribution in [0.15, 0.2) is 0 Å². The van der Waals surface area contributed by atoms with Crippen LogP contribution in [0.5, 0.6) is 0 Å². The topological polar surface area (TPSA) is 61.9 Å². The van der Waals surface area contributed by atoms with Crippen LogP contribution in [-0.4, -0.2) is 70.6 Å². The molecule has 0 aromatic carbocycles. The second-order valence-corrected chi connectivity index (χ2v) is 7.25. The molecule has 6 nitrogen and oxygen atoms in total. The summed E-state index contributed by atoms with van der Waals surface area (Å²) in [6.07, 6.45) is -0.0628. The van der Waals surface area contributed by atoms with Crippen LogP contribution in [0.2, 0.25) is 0 Å². The van der Waals surface area contributed by atoms with Crippen LogP contribution in [0.25, 0.3) is 0 Å². The van der Waals surface area contributed by atoms with Gasteiger partial charge in [-0.2, -0.15) is 17.4 Å². The highest BCUT2D eigenvalue weighted by Gasteiger charge is 2.23. The summed E-state index contributed by atoms with van der Waals surface area (Å²) in [6.45, 7) is 8.10. The van der Waals surface area contributed by atoms with Crippen LogP contribution >= 0.6 is 0 Å². The molecule has 0 aromatic heterocycles. The summed E-state index contributed by atoms with van der Waals surface area (Å²) in [6, 6.07) is 0. The minimum atomic E-state index is -3.35. The Morgan fingerprint density at radius 3 is 2.67 bits per heavy atom. The number of hydrogen-bond donors (Lipinski definition) is 1. The molecule has 1 heterocycles. The SMILES string of the molecule is CC(C)CN1CCOC(CNS(=O)(=O)N(C)C)C1. The molecule has 1 unspecified atom stereocenters. The van der Waals surface area contributed by atoms with Crippen molar-refractivity contribution in [3.05, 3.63) is 0 Å². The smallest absolute Gasteiger partial charge is 0.279 e. The maximum absolute atomic E-state index is 11.6. The van der Waals surface area contributed by atoms with Gasteiger partial charge in [-0.3, -0.25) is 4.90 Å². The predicted molar refractivity (Wildman–Crippen MR) is 71.6 cm³/mol. The molecule has 7 heteroatoms. The van der Waals surface area contributed by atoms with Crippen LogP contribution < -0.4 is 4.72 Å². The fourth-order valence-corrected chi connectivity index (χ4v) is 2.57. The lowest BCUT2D eigenvalue weighted by molar-refractivity contribution is -0.0281. The lowest BCUT2D eigenvalue weighted by Gasteiger charge is -2.34. The van der Waals surface area contributed by atoms with E-state index in [0.717, 1.165) is 19.6 Å². The first kappa shape index (κ1) is 15.8. The highest BCUT2D eigenvalue weighted by molar-refractivity contribution is 7.87. The summed E-state index contributed by atoms with van der Waals surface area (Å²) in [5.41, 5.74) is 0. The van der Waals surface area contributed by atoms with Gasteiger partial charge in [-0.1, -0.05) is 13.8 Å². The fourth-order valence-electron chi connectivity index (χ4n) is 1.91. The normalized spacial score (nSPS) is 22.9. The second kappa shape index (κ2) is 6.81. The molecule has 1 saturated heterocycles. The van der Waals surface area contributed by atoms with Crippen molar-refractivity contribution in [3.8, 4) is 0 Å². The highest BCUT2D eigenvalue weighted by Crippen LogP contribution is 2.07. The Balaban J connectivity index is 2.39. The Hall–Kier alpha value is -0.210. The Morgan fingerprint density at radius 1 is 1.44 bits per heavy atom. The predicted octanol–water partition coefficient (Wildman–Crippen LogP) is -0.261. The number of hydrogen-bond acceptors (Lipinski definition) is 4. The third-order valence-electron chi connectivity index (χ3n) is 2.82. The molecule has 1 N–H and O–H groups in total. The van der Waals surface area contributed by atoms with E-state index in [0.29, 0.717) is 19.1 Å². The Bertz CT molecular complexity index is 343. The van der Waals surface area contributed by atoms with E-state index in [1.165, 1.54) is 18.4 Å². The molecule has 0 bridgehead atoms. The van der Waals surface area contributed by atoms with Gasteiger partial charge in [-0.15, -0.1) is 0 Å². The van der Waals surface area contributed by atoms with E-state index < -0.39 is 10.2 Å². The quantitative estimate of drug-likeness (QED) is 0.728. The Morgan fingerprint density at radius 2 is 2.11 bits per heavy atom. The van der Waals surface area contributed by atoms with Gasteiger partial charge in [0.25, 0.3) is 10.2 Å². The van der Waals surface area contributed by atoms with Crippen molar-refractivity contribution in [3.63, 3.8) is 0 Å². The van der Waals surface area contributed by atoms with Gasteiger partial charge in [0.2, 0.25) is 0 Å². The molecule has 108 valence electrons. The van der Waals surface area contributed by atoms with E-state index in [2.05, 4.69) is 23.5 Å². The molecule has 0 aliphatic carbocycles. The van der Waals surface area contributed by atoms with Crippen molar-refractivity contribution in [2.75, 3.05) is 46.9 Å². The van der Waals surface area contributed by atoms with Gasteiger partial charge in [-0.25, -0.2) is 0 Å². The van der Waals surface area contributed by atoms with Crippen LogP contribution in [0.3, 0.4) is 0 Å². The van der Waals surface area contributed by atoms with Gasteiger partial charge in [0.05, 0.1) is 12.7 Å². The Kier molecular flexibility index (Phi) is 6.00. The summed E-state index contributed by atoms with van der Waals surface area (Å²) in [4.78, 5) is 2.32. The molecule has 1 aliphatic heterocycles. The van der Waals surface area contributed by atoms with E-state index in [4.69, 9.17) is 4.74 Å². The molecule has 1 fully saturated rings. The van der Waals surface area contributed by atoms with Crippen molar-refractivity contribution in [1.29, 1.82) is 0 Å². The van der Waals surface area contributed by atoms with Crippen molar-refractivity contribution >= 4 is 10.2 Å². The summed E-state index contributed by atoms with van der Waals surface area (Å²) in [5.74, 6) is 0.613. The van der Waals surface area contributed by atoms with Crippen LogP contribution in [0.4, 0.5) is 0 Å². The van der Waals surface area contributed by atoms with Crippen molar-refractivity contribution < 1.29 is 13.2 Å². The maximum Gasteiger partial charge on any atom is 0.279 e. The fraction of sp³-hybridized carbons (Fsp3) is 1.00. The summed E-state index contributed by atoms with van der Waals surface area (Å²) >= 11 is 0. The third-order valence-corrected chi connectivity index (χ3v) is 4.31. The number of ether oxygens (including phenoxy) is 1. The van der Waals surface area contributed by atoms with E-state index in [-0.39, 0.29) is 6.10 Å². The number of nitrogens with zero attached hydrogens (tertiary/aromatic N) is 2. The average molecular weight is 279 g/mol. The average Bonchev–Trinajstić information content (AvgIpc) is 2.26. The second-order valence-electron chi connectivity index (χ2n) is 5.28. The lowest BCUT2D eigenvalue weighted by atomic mass is 10.2. The summed E-state index contributed by atoms with van der Waals surface area (Å²) in [5, 5.41) is 0. The number of nitrogens with one attached hydrogen (secondary N) is 1. The van der Waals surface area contributed by atoms with E-state index in [1.807, 2.05) is 0 Å². The number of rotatable bonds is 6.